The molecule has 0 spiro atoms. The number of aromatic nitrogens is 2. The molecule has 26 heavy (non-hydrogen) atoms. The Bertz CT molecular complexity index is 959. The van der Waals surface area contributed by atoms with Gasteiger partial charge in [-0.1, -0.05) is 29.8 Å². The summed E-state index contributed by atoms with van der Waals surface area (Å²) in [6.07, 6.45) is 5.02. The largest absolute Gasteiger partial charge is 0.481 e. The van der Waals surface area contributed by atoms with Gasteiger partial charge in [-0.2, -0.15) is 0 Å². The lowest BCUT2D eigenvalue weighted by atomic mass is 9.80. The molecule has 0 bridgehead atoms. The quantitative estimate of drug-likeness (QED) is 0.728. The first kappa shape index (κ1) is 16.7. The van der Waals surface area contributed by atoms with Gasteiger partial charge in [0.2, 0.25) is 0 Å². The lowest BCUT2D eigenvalue weighted by Gasteiger charge is -2.26. The van der Waals surface area contributed by atoms with Crippen molar-refractivity contribution in [2.75, 3.05) is 0 Å². The molecule has 1 aliphatic rings. The number of carboxylic acids is 1. The van der Waals surface area contributed by atoms with E-state index in [4.69, 9.17) is 4.98 Å². The van der Waals surface area contributed by atoms with Crippen LogP contribution in [-0.4, -0.2) is 21.0 Å². The van der Waals surface area contributed by atoms with Gasteiger partial charge >= 0.3 is 5.97 Å². The maximum Gasteiger partial charge on any atom is 0.306 e. The zero-order valence-corrected chi connectivity index (χ0v) is 14.9. The second-order valence-electron chi connectivity index (χ2n) is 7.23. The van der Waals surface area contributed by atoms with Crippen molar-refractivity contribution in [3.8, 4) is 11.3 Å². The minimum Gasteiger partial charge on any atom is -0.481 e. The molecule has 0 unspecified atom stereocenters. The van der Waals surface area contributed by atoms with Crippen molar-refractivity contribution in [1.82, 2.24) is 9.97 Å². The summed E-state index contributed by atoms with van der Waals surface area (Å²) in [7, 11) is 0. The zero-order valence-electron chi connectivity index (χ0n) is 14.9. The number of rotatable bonds is 3. The van der Waals surface area contributed by atoms with Crippen LogP contribution in [0.3, 0.4) is 0 Å². The molecule has 4 nitrogen and oxygen atoms in total. The van der Waals surface area contributed by atoms with Crippen LogP contribution in [0.4, 0.5) is 0 Å². The predicted molar refractivity (Wildman–Crippen MR) is 102 cm³/mol. The summed E-state index contributed by atoms with van der Waals surface area (Å²) in [5, 5.41) is 10.3. The second kappa shape index (κ2) is 6.87. The van der Waals surface area contributed by atoms with Crippen LogP contribution in [0.1, 0.15) is 42.9 Å². The van der Waals surface area contributed by atoms with E-state index >= 15 is 0 Å². The van der Waals surface area contributed by atoms with Crippen LogP contribution in [-0.2, 0) is 4.79 Å². The average Bonchev–Trinajstić information content (AvgIpc) is 2.67. The molecular formula is C22H22N2O2. The van der Waals surface area contributed by atoms with Crippen molar-refractivity contribution >= 4 is 16.9 Å². The van der Waals surface area contributed by atoms with E-state index in [1.165, 1.54) is 5.56 Å². The number of hydrogen-bond donors (Lipinski definition) is 1. The fourth-order valence-corrected chi connectivity index (χ4v) is 3.94. The molecule has 0 saturated heterocycles. The number of hydrogen-bond acceptors (Lipinski definition) is 3. The lowest BCUT2D eigenvalue weighted by Crippen LogP contribution is -2.21. The molecule has 2 aromatic heterocycles. The molecule has 0 radical (unpaired) electrons. The van der Waals surface area contributed by atoms with E-state index in [0.717, 1.165) is 53.5 Å². The molecule has 1 fully saturated rings. The molecule has 4 heteroatoms. The topological polar surface area (TPSA) is 63.1 Å². The summed E-state index contributed by atoms with van der Waals surface area (Å²) in [6, 6.07) is 14.5. The van der Waals surface area contributed by atoms with Crippen molar-refractivity contribution in [1.29, 1.82) is 0 Å². The zero-order chi connectivity index (χ0) is 18.1. The van der Waals surface area contributed by atoms with Gasteiger partial charge in [0.25, 0.3) is 0 Å². The number of carboxylic acid groups (broad SMARTS) is 1. The number of carbonyl (C=O) groups is 1. The third kappa shape index (κ3) is 3.19. The fraction of sp³-hybridized carbons (Fsp3) is 0.318. The molecule has 3 aromatic rings. The molecule has 2 heterocycles. The van der Waals surface area contributed by atoms with Gasteiger partial charge in [0.15, 0.2) is 0 Å². The molecule has 0 amide bonds. The maximum absolute atomic E-state index is 11.2. The monoisotopic (exact) mass is 346 g/mol. The first-order valence-corrected chi connectivity index (χ1v) is 9.17. The highest BCUT2D eigenvalue weighted by atomic mass is 16.4. The van der Waals surface area contributed by atoms with Crippen LogP contribution in [0.2, 0.25) is 0 Å². The SMILES string of the molecule is Cc1cccc(-c2nc(C3CCC(C(=O)O)CC3)cc3cccnc23)c1. The van der Waals surface area contributed by atoms with Gasteiger partial charge in [0.1, 0.15) is 0 Å². The summed E-state index contributed by atoms with van der Waals surface area (Å²) in [5.74, 6) is -0.553. The van der Waals surface area contributed by atoms with Crippen molar-refractivity contribution < 1.29 is 9.90 Å². The van der Waals surface area contributed by atoms with Crippen molar-refractivity contribution in [3.05, 3.63) is 59.9 Å². The normalized spacial score (nSPS) is 20.2. The van der Waals surface area contributed by atoms with Gasteiger partial charge in [0, 0.05) is 28.8 Å². The third-order valence-corrected chi connectivity index (χ3v) is 5.39. The Morgan fingerprint density at radius 1 is 1.08 bits per heavy atom. The van der Waals surface area contributed by atoms with Crippen LogP contribution < -0.4 is 0 Å². The van der Waals surface area contributed by atoms with E-state index < -0.39 is 5.97 Å². The third-order valence-electron chi connectivity index (χ3n) is 5.39. The van der Waals surface area contributed by atoms with E-state index in [1.54, 1.807) is 6.20 Å². The van der Waals surface area contributed by atoms with Crippen molar-refractivity contribution in [2.24, 2.45) is 5.92 Å². The highest BCUT2D eigenvalue weighted by Gasteiger charge is 2.28. The first-order valence-electron chi connectivity index (χ1n) is 9.17. The summed E-state index contributed by atoms with van der Waals surface area (Å²) >= 11 is 0. The molecule has 0 aliphatic heterocycles. The minimum absolute atomic E-state index is 0.204. The van der Waals surface area contributed by atoms with Crippen LogP contribution in [0.25, 0.3) is 22.2 Å². The van der Waals surface area contributed by atoms with E-state index in [1.807, 2.05) is 12.1 Å². The predicted octanol–water partition coefficient (Wildman–Crippen LogP) is 4.96. The Morgan fingerprint density at radius 3 is 2.62 bits per heavy atom. The molecule has 1 aliphatic carbocycles. The second-order valence-corrected chi connectivity index (χ2v) is 7.23. The van der Waals surface area contributed by atoms with E-state index in [0.29, 0.717) is 5.92 Å². The Labute approximate surface area is 152 Å². The van der Waals surface area contributed by atoms with Gasteiger partial charge in [-0.15, -0.1) is 0 Å². The lowest BCUT2D eigenvalue weighted by molar-refractivity contribution is -0.142. The Hall–Kier alpha value is -2.75. The number of aliphatic carboxylic acids is 1. The van der Waals surface area contributed by atoms with Gasteiger partial charge < -0.3 is 5.11 Å². The summed E-state index contributed by atoms with van der Waals surface area (Å²) in [4.78, 5) is 20.8. The molecule has 0 atom stereocenters. The Balaban J connectivity index is 1.76. The van der Waals surface area contributed by atoms with E-state index in [2.05, 4.69) is 42.2 Å². The van der Waals surface area contributed by atoms with E-state index in [9.17, 15) is 9.90 Å². The number of pyridine rings is 2. The molecule has 4 rings (SSSR count). The van der Waals surface area contributed by atoms with Crippen LogP contribution >= 0.6 is 0 Å². The average molecular weight is 346 g/mol. The van der Waals surface area contributed by atoms with Gasteiger partial charge in [-0.3, -0.25) is 14.8 Å². The summed E-state index contributed by atoms with van der Waals surface area (Å²) in [6.45, 7) is 2.08. The Morgan fingerprint density at radius 2 is 1.88 bits per heavy atom. The molecule has 1 N–H and O–H groups in total. The van der Waals surface area contributed by atoms with Crippen LogP contribution in [0, 0.1) is 12.8 Å². The standard InChI is InChI=1S/C22H22N2O2/c1-14-4-2-5-17(12-14)21-20-18(6-3-11-23-20)13-19(24-21)15-7-9-16(10-8-15)22(25)26/h2-6,11-13,15-16H,7-10H2,1H3,(H,25,26). The van der Waals surface area contributed by atoms with Crippen LogP contribution in [0.5, 0.6) is 0 Å². The van der Waals surface area contributed by atoms with Gasteiger partial charge in [-0.05, 0) is 50.8 Å². The first-order chi connectivity index (χ1) is 12.6. The summed E-state index contributed by atoms with van der Waals surface area (Å²) in [5.41, 5.74) is 5.17. The molecular weight excluding hydrogens is 324 g/mol. The number of nitrogens with zero attached hydrogens (tertiary/aromatic N) is 2. The van der Waals surface area contributed by atoms with Crippen molar-refractivity contribution in [2.45, 2.75) is 38.5 Å². The van der Waals surface area contributed by atoms with Crippen LogP contribution in [0.15, 0.2) is 48.7 Å². The van der Waals surface area contributed by atoms with E-state index in [-0.39, 0.29) is 5.92 Å². The minimum atomic E-state index is -0.667. The highest BCUT2D eigenvalue weighted by molar-refractivity contribution is 5.91. The number of fused-ring (bicyclic) bond motifs is 1. The molecule has 1 saturated carbocycles. The van der Waals surface area contributed by atoms with Gasteiger partial charge in [-0.25, -0.2) is 0 Å². The smallest absolute Gasteiger partial charge is 0.306 e. The molecule has 1 aromatic carbocycles. The van der Waals surface area contributed by atoms with Crippen molar-refractivity contribution in [3.63, 3.8) is 0 Å². The maximum atomic E-state index is 11.2. The highest BCUT2D eigenvalue weighted by Crippen LogP contribution is 2.37. The fourth-order valence-electron chi connectivity index (χ4n) is 3.94. The number of benzene rings is 1. The van der Waals surface area contributed by atoms with Gasteiger partial charge in [0.05, 0.1) is 17.1 Å². The molecule has 132 valence electrons. The number of aryl methyl sites for hydroxylation is 1. The Kier molecular flexibility index (Phi) is 4.41. The summed E-state index contributed by atoms with van der Waals surface area (Å²) < 4.78 is 0.